The molecule has 0 radical (unpaired) electrons. The molecule has 0 unspecified atom stereocenters. The van der Waals surface area contributed by atoms with Gasteiger partial charge in [0.2, 0.25) is 5.91 Å². The summed E-state index contributed by atoms with van der Waals surface area (Å²) in [6, 6.07) is 8.34. The van der Waals surface area contributed by atoms with E-state index in [0.717, 1.165) is 37.2 Å². The number of hydrogen-bond acceptors (Lipinski definition) is 4. The highest BCUT2D eigenvalue weighted by molar-refractivity contribution is 6.08. The zero-order valence-corrected chi connectivity index (χ0v) is 23.0. The van der Waals surface area contributed by atoms with Crippen molar-refractivity contribution >= 4 is 17.4 Å². The molecule has 5 nitrogen and oxygen atoms in total. The fourth-order valence-corrected chi connectivity index (χ4v) is 6.00. The van der Waals surface area contributed by atoms with E-state index in [0.29, 0.717) is 18.4 Å². The van der Waals surface area contributed by atoms with Crippen molar-refractivity contribution in [3.63, 3.8) is 0 Å². The number of carbonyl (C=O) groups is 2. The summed E-state index contributed by atoms with van der Waals surface area (Å²) in [4.78, 5) is 30.9. The van der Waals surface area contributed by atoms with Crippen LogP contribution in [0.25, 0.3) is 0 Å². The molecule has 4 rings (SSSR count). The lowest BCUT2D eigenvalue weighted by Crippen LogP contribution is -2.41. The molecule has 3 heterocycles. The molecule has 196 valence electrons. The van der Waals surface area contributed by atoms with Gasteiger partial charge < -0.3 is 9.80 Å². The van der Waals surface area contributed by atoms with Crippen molar-refractivity contribution in [1.82, 2.24) is 9.80 Å². The molecule has 5 heteroatoms. The van der Waals surface area contributed by atoms with Crippen molar-refractivity contribution in [1.29, 1.82) is 0 Å². The summed E-state index contributed by atoms with van der Waals surface area (Å²) < 4.78 is 0. The second-order valence-electron chi connectivity index (χ2n) is 11.9. The monoisotopic (exact) mass is 483 g/mol. The Kier molecular flexibility index (Phi) is 10.4. The molecular weight excluding hydrogens is 434 g/mol. The summed E-state index contributed by atoms with van der Waals surface area (Å²) in [5.41, 5.74) is 2.66. The van der Waals surface area contributed by atoms with Crippen LogP contribution in [0.3, 0.4) is 0 Å². The van der Waals surface area contributed by atoms with E-state index >= 15 is 0 Å². The Morgan fingerprint density at radius 1 is 0.857 bits per heavy atom. The van der Waals surface area contributed by atoms with Gasteiger partial charge in [0.15, 0.2) is 0 Å². The second-order valence-corrected chi connectivity index (χ2v) is 11.9. The van der Waals surface area contributed by atoms with Crippen LogP contribution < -0.4 is 4.90 Å². The molecule has 1 aromatic carbocycles. The fraction of sp³-hybridized carbons (Fsp3) is 0.733. The predicted molar refractivity (Wildman–Crippen MR) is 146 cm³/mol. The van der Waals surface area contributed by atoms with Crippen molar-refractivity contribution < 1.29 is 9.59 Å². The summed E-state index contributed by atoms with van der Waals surface area (Å²) >= 11 is 0. The van der Waals surface area contributed by atoms with Crippen LogP contribution in [0.4, 0.5) is 5.69 Å². The largest absolute Gasteiger partial charge is 0.312 e. The Morgan fingerprint density at radius 3 is 2.11 bits per heavy atom. The van der Waals surface area contributed by atoms with E-state index in [2.05, 4.69) is 42.7 Å². The number of carbonyl (C=O) groups excluding carboxylic acids is 2. The van der Waals surface area contributed by atoms with E-state index in [1.54, 1.807) is 4.90 Å². The SMILES string of the molecule is CC.CC(C)(C)CC1CCN(CC2CCN(Cc3cccc(N4CCC(=O)CC4=O)c3)CC2)CC1. The van der Waals surface area contributed by atoms with E-state index in [9.17, 15) is 9.59 Å². The first kappa shape index (κ1) is 27.9. The molecule has 0 aliphatic carbocycles. The topological polar surface area (TPSA) is 43.9 Å². The van der Waals surface area contributed by atoms with Gasteiger partial charge >= 0.3 is 0 Å². The maximum Gasteiger partial charge on any atom is 0.234 e. The summed E-state index contributed by atoms with van der Waals surface area (Å²) in [5.74, 6) is 1.74. The van der Waals surface area contributed by atoms with Crippen LogP contribution in [0.1, 0.15) is 85.1 Å². The molecule has 3 aliphatic rings. The second kappa shape index (κ2) is 13.0. The molecule has 3 aliphatic heterocycles. The van der Waals surface area contributed by atoms with Gasteiger partial charge in [-0.3, -0.25) is 14.5 Å². The van der Waals surface area contributed by atoms with Gasteiger partial charge in [0.05, 0.1) is 6.42 Å². The van der Waals surface area contributed by atoms with Crippen molar-refractivity contribution in [2.45, 2.75) is 86.1 Å². The molecule has 1 aromatic rings. The lowest BCUT2D eigenvalue weighted by molar-refractivity contribution is -0.128. The third kappa shape index (κ3) is 8.71. The number of rotatable bonds is 6. The Labute approximate surface area is 214 Å². The number of Topliss-reactive ketones (excluding diaryl/α,β-unsaturated/α-hetero) is 1. The number of benzene rings is 1. The maximum atomic E-state index is 12.3. The van der Waals surface area contributed by atoms with E-state index in [1.807, 2.05) is 26.0 Å². The van der Waals surface area contributed by atoms with Crippen LogP contribution in [-0.2, 0) is 16.1 Å². The predicted octanol–water partition coefficient (Wildman–Crippen LogP) is 5.77. The number of hydrogen-bond donors (Lipinski definition) is 0. The molecule has 3 saturated heterocycles. The number of anilines is 1. The zero-order valence-electron chi connectivity index (χ0n) is 23.0. The third-order valence-corrected chi connectivity index (χ3v) is 7.72. The van der Waals surface area contributed by atoms with Crippen LogP contribution in [0.5, 0.6) is 0 Å². The Hall–Kier alpha value is -1.72. The Morgan fingerprint density at radius 2 is 1.49 bits per heavy atom. The van der Waals surface area contributed by atoms with Crippen LogP contribution in [0, 0.1) is 17.3 Å². The third-order valence-electron chi connectivity index (χ3n) is 7.72. The molecule has 35 heavy (non-hydrogen) atoms. The normalized spacial score (nSPS) is 21.7. The van der Waals surface area contributed by atoms with Crippen molar-refractivity contribution in [3.05, 3.63) is 29.8 Å². The first-order chi connectivity index (χ1) is 16.7. The van der Waals surface area contributed by atoms with Gasteiger partial charge in [0.1, 0.15) is 5.78 Å². The minimum absolute atomic E-state index is 0.0476. The van der Waals surface area contributed by atoms with Gasteiger partial charge in [0, 0.05) is 31.7 Å². The van der Waals surface area contributed by atoms with Gasteiger partial charge in [-0.25, -0.2) is 0 Å². The average molecular weight is 484 g/mol. The minimum Gasteiger partial charge on any atom is -0.312 e. The highest BCUT2D eigenvalue weighted by Gasteiger charge is 2.27. The first-order valence-corrected chi connectivity index (χ1v) is 14.1. The highest BCUT2D eigenvalue weighted by Crippen LogP contribution is 2.32. The number of nitrogens with zero attached hydrogens (tertiary/aromatic N) is 3. The highest BCUT2D eigenvalue weighted by atomic mass is 16.2. The van der Waals surface area contributed by atoms with Crippen LogP contribution in [0.15, 0.2) is 24.3 Å². The Balaban J connectivity index is 0.00000167. The van der Waals surface area contributed by atoms with Crippen LogP contribution >= 0.6 is 0 Å². The van der Waals surface area contributed by atoms with Gasteiger partial charge in [0.25, 0.3) is 0 Å². The first-order valence-electron chi connectivity index (χ1n) is 14.1. The van der Waals surface area contributed by atoms with Gasteiger partial charge in [-0.15, -0.1) is 0 Å². The quantitative estimate of drug-likeness (QED) is 0.482. The van der Waals surface area contributed by atoms with Gasteiger partial charge in [-0.05, 0) is 93.2 Å². The van der Waals surface area contributed by atoms with Crippen molar-refractivity contribution in [3.8, 4) is 0 Å². The van der Waals surface area contributed by atoms with Crippen molar-refractivity contribution in [2.24, 2.45) is 17.3 Å². The average Bonchev–Trinajstić information content (AvgIpc) is 2.82. The minimum atomic E-state index is -0.0633. The fourth-order valence-electron chi connectivity index (χ4n) is 6.00. The number of amides is 1. The summed E-state index contributed by atoms with van der Waals surface area (Å²) in [5, 5.41) is 0. The summed E-state index contributed by atoms with van der Waals surface area (Å²) in [6.45, 7) is 18.7. The van der Waals surface area contributed by atoms with Crippen LogP contribution in [0.2, 0.25) is 0 Å². The molecule has 0 saturated carbocycles. The van der Waals surface area contributed by atoms with E-state index < -0.39 is 0 Å². The van der Waals surface area contributed by atoms with Gasteiger partial charge in [-0.1, -0.05) is 46.8 Å². The smallest absolute Gasteiger partial charge is 0.234 e. The standard InChI is InChI=1S/C28H43N3O2.C2H6/c1-28(2,3)19-22-7-12-29(13-8-22)20-23-9-14-30(15-10-23)21-24-5-4-6-25(17-24)31-16-11-26(32)18-27(31)33;1-2/h4-6,17,22-23H,7-16,18-21H2,1-3H3;1-2H3. The molecular formula is C30H49N3O2. The van der Waals surface area contributed by atoms with E-state index in [-0.39, 0.29) is 18.1 Å². The lowest BCUT2D eigenvalue weighted by atomic mass is 9.80. The van der Waals surface area contributed by atoms with Gasteiger partial charge in [-0.2, -0.15) is 0 Å². The summed E-state index contributed by atoms with van der Waals surface area (Å²) in [6.07, 6.45) is 7.21. The maximum absolute atomic E-state index is 12.3. The number of piperidine rings is 3. The van der Waals surface area contributed by atoms with E-state index in [4.69, 9.17) is 0 Å². The molecule has 0 atom stereocenters. The van der Waals surface area contributed by atoms with Crippen LogP contribution in [-0.4, -0.2) is 60.8 Å². The van der Waals surface area contributed by atoms with E-state index in [1.165, 1.54) is 57.3 Å². The molecule has 0 N–H and O–H groups in total. The molecule has 3 fully saturated rings. The zero-order chi connectivity index (χ0) is 25.4. The molecule has 0 bridgehead atoms. The summed E-state index contributed by atoms with van der Waals surface area (Å²) in [7, 11) is 0. The molecule has 0 spiro atoms. The number of ketones is 1. The Bertz CT molecular complexity index is 815. The molecule has 1 amide bonds. The molecule has 0 aromatic heterocycles. The van der Waals surface area contributed by atoms with Crippen molar-refractivity contribution in [2.75, 3.05) is 44.2 Å². The lowest BCUT2D eigenvalue weighted by Gasteiger charge is -2.39. The number of likely N-dealkylation sites (tertiary alicyclic amines) is 2.